The van der Waals surface area contributed by atoms with Crippen LogP contribution in [0.15, 0.2) is 84.9 Å². The topological polar surface area (TPSA) is 23.6 Å². The molecule has 3 nitrogen and oxygen atoms in total. The van der Waals surface area contributed by atoms with Gasteiger partial charge in [-0.2, -0.15) is 0 Å². The van der Waals surface area contributed by atoms with E-state index in [4.69, 9.17) is 0 Å². The lowest BCUT2D eigenvalue weighted by Gasteiger charge is -2.39. The van der Waals surface area contributed by atoms with E-state index >= 15 is 0 Å². The summed E-state index contributed by atoms with van der Waals surface area (Å²) in [7, 11) is 0. The fourth-order valence-electron chi connectivity index (χ4n) is 5.39. The Bertz CT molecular complexity index is 1150. The van der Waals surface area contributed by atoms with Gasteiger partial charge in [0, 0.05) is 30.6 Å². The van der Waals surface area contributed by atoms with Gasteiger partial charge in [0.25, 0.3) is 0 Å². The molecule has 3 aromatic carbocycles. The van der Waals surface area contributed by atoms with Crippen molar-refractivity contribution >= 4 is 17.7 Å². The molecule has 1 fully saturated rings. The molecule has 1 amide bonds. The van der Waals surface area contributed by atoms with Crippen LogP contribution >= 0.6 is 0 Å². The van der Waals surface area contributed by atoms with E-state index < -0.39 is 0 Å². The molecule has 2 aliphatic heterocycles. The van der Waals surface area contributed by atoms with Crippen molar-refractivity contribution in [1.82, 2.24) is 4.90 Å². The molecule has 0 saturated carbocycles. The summed E-state index contributed by atoms with van der Waals surface area (Å²) in [6.45, 7) is 3.45. The van der Waals surface area contributed by atoms with E-state index in [1.807, 2.05) is 41.3 Å². The Morgan fingerprint density at radius 1 is 0.941 bits per heavy atom. The molecule has 5 rings (SSSR count). The number of anilines is 1. The molecule has 1 saturated heterocycles. The van der Waals surface area contributed by atoms with Crippen LogP contribution in [0.4, 0.5) is 10.1 Å². The number of likely N-dealkylation sites (tertiary alicyclic amines) is 1. The van der Waals surface area contributed by atoms with Crippen LogP contribution < -0.4 is 4.90 Å². The molecule has 4 heteroatoms. The number of nitrogens with zero attached hydrogens (tertiary/aromatic N) is 2. The largest absolute Gasteiger partial charge is 0.311 e. The third kappa shape index (κ3) is 4.83. The van der Waals surface area contributed by atoms with Gasteiger partial charge in [-0.3, -0.25) is 9.69 Å². The third-order valence-electron chi connectivity index (χ3n) is 7.34. The average Bonchev–Trinajstić information content (AvgIpc) is 3.18. The van der Waals surface area contributed by atoms with E-state index in [-0.39, 0.29) is 17.1 Å². The summed E-state index contributed by atoms with van der Waals surface area (Å²) in [4.78, 5) is 17.6. The van der Waals surface area contributed by atoms with Crippen molar-refractivity contribution < 1.29 is 9.18 Å². The highest BCUT2D eigenvalue weighted by Gasteiger charge is 2.46. The van der Waals surface area contributed by atoms with Crippen LogP contribution in [0.25, 0.3) is 6.08 Å². The number of rotatable bonds is 6. The standard InChI is InChI=1S/C30H31FN2O/c31-26-14-15-28-27(22-26)30(23-33(28)29(34)16-13-25-10-5-2-6-11-25)17-20-32(21-18-30)19-7-12-24-8-3-1-4-9-24/h1-12,14-15,22H,13,16-21,23H2. The number of carbonyl (C=O) groups excluding carboxylic acids is 1. The van der Waals surface area contributed by atoms with Gasteiger partial charge in [0.05, 0.1) is 0 Å². The van der Waals surface area contributed by atoms with Gasteiger partial charge in [0.1, 0.15) is 5.82 Å². The van der Waals surface area contributed by atoms with Crippen LogP contribution in [0.1, 0.15) is 36.0 Å². The second kappa shape index (κ2) is 9.94. The molecule has 0 radical (unpaired) electrons. The second-order valence-corrected chi connectivity index (χ2v) is 9.52. The van der Waals surface area contributed by atoms with Gasteiger partial charge in [-0.25, -0.2) is 4.39 Å². The number of piperidine rings is 1. The summed E-state index contributed by atoms with van der Waals surface area (Å²) in [5.41, 5.74) is 4.14. The minimum absolute atomic E-state index is 0.127. The Labute approximate surface area is 201 Å². The summed E-state index contributed by atoms with van der Waals surface area (Å²) in [6, 6.07) is 25.4. The number of fused-ring (bicyclic) bond motifs is 2. The van der Waals surface area contributed by atoms with Crippen LogP contribution in [0, 0.1) is 5.82 Å². The summed E-state index contributed by atoms with van der Waals surface area (Å²) < 4.78 is 14.3. The normalized spacial score (nSPS) is 17.4. The van der Waals surface area contributed by atoms with Crippen LogP contribution in [-0.2, 0) is 16.6 Å². The van der Waals surface area contributed by atoms with Crippen LogP contribution in [-0.4, -0.2) is 37.0 Å². The predicted molar refractivity (Wildman–Crippen MR) is 136 cm³/mol. The van der Waals surface area contributed by atoms with E-state index in [9.17, 15) is 9.18 Å². The monoisotopic (exact) mass is 454 g/mol. The maximum Gasteiger partial charge on any atom is 0.227 e. The highest BCUT2D eigenvalue weighted by atomic mass is 19.1. The van der Waals surface area contributed by atoms with Crippen molar-refractivity contribution in [1.29, 1.82) is 0 Å². The van der Waals surface area contributed by atoms with E-state index in [0.717, 1.165) is 50.1 Å². The number of amides is 1. The minimum Gasteiger partial charge on any atom is -0.311 e. The Balaban J connectivity index is 1.26. The van der Waals surface area contributed by atoms with Gasteiger partial charge < -0.3 is 4.90 Å². The maximum absolute atomic E-state index is 14.3. The summed E-state index contributed by atoms with van der Waals surface area (Å²) in [5, 5.41) is 0. The first-order chi connectivity index (χ1) is 16.6. The van der Waals surface area contributed by atoms with Crippen molar-refractivity contribution in [3.63, 3.8) is 0 Å². The van der Waals surface area contributed by atoms with E-state index in [1.54, 1.807) is 12.1 Å². The molecule has 174 valence electrons. The molecule has 3 aromatic rings. The van der Waals surface area contributed by atoms with Gasteiger partial charge in [-0.05, 0) is 67.2 Å². The van der Waals surface area contributed by atoms with Crippen molar-refractivity contribution in [2.24, 2.45) is 0 Å². The number of carbonyl (C=O) groups is 1. The molecule has 1 spiro atoms. The Kier molecular flexibility index (Phi) is 6.59. The van der Waals surface area contributed by atoms with Gasteiger partial charge in [0.2, 0.25) is 5.91 Å². The first kappa shape index (κ1) is 22.5. The lowest BCUT2D eigenvalue weighted by molar-refractivity contribution is -0.118. The van der Waals surface area contributed by atoms with Crippen LogP contribution in [0.2, 0.25) is 0 Å². The van der Waals surface area contributed by atoms with Gasteiger partial charge in [0.15, 0.2) is 0 Å². The number of benzene rings is 3. The van der Waals surface area contributed by atoms with Crippen LogP contribution in [0.5, 0.6) is 0 Å². The third-order valence-corrected chi connectivity index (χ3v) is 7.34. The van der Waals surface area contributed by atoms with E-state index in [1.165, 1.54) is 17.2 Å². The Morgan fingerprint density at radius 2 is 1.65 bits per heavy atom. The number of hydrogen-bond donors (Lipinski definition) is 0. The van der Waals surface area contributed by atoms with E-state index in [2.05, 4.69) is 41.3 Å². The zero-order chi connectivity index (χ0) is 23.4. The van der Waals surface area contributed by atoms with Crippen molar-refractivity contribution in [2.75, 3.05) is 31.1 Å². The molecular weight excluding hydrogens is 423 g/mol. The molecular formula is C30H31FN2O. The highest BCUT2D eigenvalue weighted by Crippen LogP contribution is 2.47. The first-order valence-corrected chi connectivity index (χ1v) is 12.2. The Morgan fingerprint density at radius 3 is 2.38 bits per heavy atom. The molecule has 0 aliphatic carbocycles. The summed E-state index contributed by atoms with van der Waals surface area (Å²) in [6.07, 6.45) is 7.44. The fraction of sp³-hybridized carbons (Fsp3) is 0.300. The van der Waals surface area contributed by atoms with Gasteiger partial charge in [-0.15, -0.1) is 0 Å². The molecule has 2 heterocycles. The predicted octanol–water partition coefficient (Wildman–Crippen LogP) is 5.85. The molecule has 0 aromatic heterocycles. The molecule has 0 atom stereocenters. The lowest BCUT2D eigenvalue weighted by Crippen LogP contribution is -2.46. The van der Waals surface area contributed by atoms with Gasteiger partial charge >= 0.3 is 0 Å². The highest BCUT2D eigenvalue weighted by molar-refractivity contribution is 5.96. The quantitative estimate of drug-likeness (QED) is 0.466. The Hall–Kier alpha value is -3.24. The van der Waals surface area contributed by atoms with Crippen molar-refractivity contribution in [3.8, 4) is 0 Å². The van der Waals surface area contributed by atoms with Crippen molar-refractivity contribution in [2.45, 2.75) is 31.1 Å². The molecule has 0 bridgehead atoms. The lowest BCUT2D eigenvalue weighted by atomic mass is 9.74. The summed E-state index contributed by atoms with van der Waals surface area (Å²) >= 11 is 0. The van der Waals surface area contributed by atoms with Crippen molar-refractivity contribution in [3.05, 3.63) is 107 Å². The molecule has 34 heavy (non-hydrogen) atoms. The average molecular weight is 455 g/mol. The molecule has 0 unspecified atom stereocenters. The van der Waals surface area contributed by atoms with E-state index in [0.29, 0.717) is 13.0 Å². The minimum atomic E-state index is -0.218. The number of aryl methyl sites for hydroxylation is 1. The smallest absolute Gasteiger partial charge is 0.227 e. The SMILES string of the molecule is O=C(CCc1ccccc1)N1CC2(CCN(CC=Cc3ccccc3)CC2)c2cc(F)ccc21. The van der Waals surface area contributed by atoms with Crippen LogP contribution in [0.3, 0.4) is 0 Å². The maximum atomic E-state index is 14.3. The fourth-order valence-corrected chi connectivity index (χ4v) is 5.39. The zero-order valence-electron chi connectivity index (χ0n) is 19.5. The number of halogens is 1. The number of hydrogen-bond acceptors (Lipinski definition) is 2. The zero-order valence-corrected chi connectivity index (χ0v) is 19.5. The molecule has 0 N–H and O–H groups in total. The first-order valence-electron chi connectivity index (χ1n) is 12.2. The van der Waals surface area contributed by atoms with Gasteiger partial charge in [-0.1, -0.05) is 72.8 Å². The second-order valence-electron chi connectivity index (χ2n) is 9.52. The summed E-state index contributed by atoms with van der Waals surface area (Å²) in [5.74, 6) is -0.0910. The molecule has 2 aliphatic rings.